The lowest BCUT2D eigenvalue weighted by Crippen LogP contribution is -2.49. The minimum Gasteiger partial charge on any atom is -0.490 e. The largest absolute Gasteiger partial charge is 0.490 e. The molecule has 3 aromatic rings. The summed E-state index contributed by atoms with van der Waals surface area (Å²) in [5.74, 6) is 1.31. The third-order valence-electron chi connectivity index (χ3n) is 8.64. The fourth-order valence-corrected chi connectivity index (χ4v) is 6.43. The minimum atomic E-state index is -0.567. The fraction of sp³-hybridized carbons (Fsp3) is 0.471. The maximum absolute atomic E-state index is 14.2. The first-order valence-electron chi connectivity index (χ1n) is 15.3. The number of halogens is 1. The predicted molar refractivity (Wildman–Crippen MR) is 165 cm³/mol. The SMILES string of the molecule is COCCCN1CCOc2ccc(CO[C@H]3CNC[C@@H](O)[C@@H]3c3ccc(O[C@H]4CCN(c5ccccc5F)C4)cc3)cc21. The van der Waals surface area contributed by atoms with Gasteiger partial charge in [-0.25, -0.2) is 4.39 Å². The van der Waals surface area contributed by atoms with Crippen LogP contribution in [0.4, 0.5) is 15.8 Å². The van der Waals surface area contributed by atoms with Gasteiger partial charge in [-0.1, -0.05) is 30.3 Å². The van der Waals surface area contributed by atoms with Crippen molar-refractivity contribution >= 4 is 11.4 Å². The van der Waals surface area contributed by atoms with Crippen molar-refractivity contribution in [3.05, 3.63) is 83.7 Å². The molecule has 0 bridgehead atoms. The summed E-state index contributed by atoms with van der Waals surface area (Å²) in [6, 6.07) is 21.1. The van der Waals surface area contributed by atoms with Crippen molar-refractivity contribution in [2.24, 2.45) is 0 Å². The molecule has 3 aliphatic rings. The highest BCUT2D eigenvalue weighted by Gasteiger charge is 2.34. The van der Waals surface area contributed by atoms with Crippen LogP contribution >= 0.6 is 0 Å². The summed E-state index contributed by atoms with van der Waals surface area (Å²) in [7, 11) is 1.73. The van der Waals surface area contributed by atoms with Crippen LogP contribution in [0.15, 0.2) is 66.7 Å². The van der Waals surface area contributed by atoms with E-state index < -0.39 is 6.10 Å². The molecule has 3 aromatic carbocycles. The number of aliphatic hydroxyl groups is 1. The van der Waals surface area contributed by atoms with Crippen LogP contribution < -0.4 is 24.6 Å². The summed E-state index contributed by atoms with van der Waals surface area (Å²) in [5.41, 5.74) is 3.81. The minimum absolute atomic E-state index is 0.0103. The fourth-order valence-electron chi connectivity index (χ4n) is 6.43. The number of para-hydroxylation sites is 1. The van der Waals surface area contributed by atoms with Gasteiger partial charge in [-0.3, -0.25) is 0 Å². The summed E-state index contributed by atoms with van der Waals surface area (Å²) in [6.07, 6.45) is 1.02. The second-order valence-electron chi connectivity index (χ2n) is 11.6. The Morgan fingerprint density at radius 3 is 2.72 bits per heavy atom. The predicted octanol–water partition coefficient (Wildman–Crippen LogP) is 4.35. The van der Waals surface area contributed by atoms with Gasteiger partial charge in [-0.2, -0.15) is 0 Å². The van der Waals surface area contributed by atoms with Crippen molar-refractivity contribution in [3.8, 4) is 11.5 Å². The van der Waals surface area contributed by atoms with Crippen molar-refractivity contribution in [2.75, 3.05) is 69.4 Å². The van der Waals surface area contributed by atoms with Gasteiger partial charge in [0, 0.05) is 52.2 Å². The zero-order valence-electron chi connectivity index (χ0n) is 24.8. The first kappa shape index (κ1) is 29.7. The van der Waals surface area contributed by atoms with Gasteiger partial charge < -0.3 is 39.2 Å². The van der Waals surface area contributed by atoms with E-state index in [1.54, 1.807) is 13.2 Å². The molecule has 8 nitrogen and oxygen atoms in total. The van der Waals surface area contributed by atoms with Crippen LogP contribution in [0.2, 0.25) is 0 Å². The van der Waals surface area contributed by atoms with Crippen LogP contribution in [-0.4, -0.2) is 83.0 Å². The highest BCUT2D eigenvalue weighted by molar-refractivity contribution is 5.61. The van der Waals surface area contributed by atoms with Gasteiger partial charge in [0.1, 0.15) is 30.0 Å². The van der Waals surface area contributed by atoms with Crippen LogP contribution in [-0.2, 0) is 16.1 Å². The number of ether oxygens (including phenoxy) is 4. The number of piperidine rings is 1. The van der Waals surface area contributed by atoms with Gasteiger partial charge in [0.2, 0.25) is 0 Å². The van der Waals surface area contributed by atoms with E-state index in [9.17, 15) is 9.50 Å². The summed E-state index contributed by atoms with van der Waals surface area (Å²) in [5, 5.41) is 14.3. The van der Waals surface area contributed by atoms with E-state index in [-0.39, 0.29) is 23.9 Å². The molecule has 0 saturated carbocycles. The molecule has 230 valence electrons. The van der Waals surface area contributed by atoms with Gasteiger partial charge in [0.25, 0.3) is 0 Å². The van der Waals surface area contributed by atoms with Crippen molar-refractivity contribution < 1.29 is 28.4 Å². The number of nitrogens with zero attached hydrogens (tertiary/aromatic N) is 2. The highest BCUT2D eigenvalue weighted by atomic mass is 19.1. The van der Waals surface area contributed by atoms with Crippen molar-refractivity contribution in [1.82, 2.24) is 5.32 Å². The summed E-state index contributed by atoms with van der Waals surface area (Å²) < 4.78 is 38.1. The molecule has 3 heterocycles. The summed E-state index contributed by atoms with van der Waals surface area (Å²) in [4.78, 5) is 4.39. The first-order valence-corrected chi connectivity index (χ1v) is 15.3. The van der Waals surface area contributed by atoms with E-state index in [0.717, 1.165) is 67.4 Å². The van der Waals surface area contributed by atoms with Gasteiger partial charge in [0.15, 0.2) is 0 Å². The lowest BCUT2D eigenvalue weighted by Gasteiger charge is -2.36. The third-order valence-corrected chi connectivity index (χ3v) is 8.64. The Bertz CT molecular complexity index is 1340. The zero-order valence-corrected chi connectivity index (χ0v) is 24.8. The Morgan fingerprint density at radius 1 is 1.02 bits per heavy atom. The van der Waals surface area contributed by atoms with Crippen molar-refractivity contribution in [1.29, 1.82) is 0 Å². The van der Waals surface area contributed by atoms with E-state index in [0.29, 0.717) is 38.5 Å². The van der Waals surface area contributed by atoms with E-state index in [4.69, 9.17) is 18.9 Å². The molecule has 2 N–H and O–H groups in total. The average molecular weight is 592 g/mol. The number of hydrogen-bond acceptors (Lipinski definition) is 8. The van der Waals surface area contributed by atoms with E-state index in [1.165, 1.54) is 6.07 Å². The zero-order chi connectivity index (χ0) is 29.6. The number of nitrogens with one attached hydrogen (secondary N) is 1. The number of hydrogen-bond donors (Lipinski definition) is 2. The van der Waals surface area contributed by atoms with E-state index >= 15 is 0 Å². The second kappa shape index (κ2) is 13.9. The van der Waals surface area contributed by atoms with Gasteiger partial charge in [0.05, 0.1) is 43.3 Å². The van der Waals surface area contributed by atoms with Crippen LogP contribution in [0.1, 0.15) is 29.9 Å². The van der Waals surface area contributed by atoms with Crippen LogP contribution in [0.3, 0.4) is 0 Å². The van der Waals surface area contributed by atoms with Crippen molar-refractivity contribution in [2.45, 2.75) is 43.7 Å². The molecule has 9 heteroatoms. The Hall–Kier alpha value is -3.37. The molecular weight excluding hydrogens is 549 g/mol. The van der Waals surface area contributed by atoms with Crippen LogP contribution in [0, 0.1) is 5.82 Å². The lowest BCUT2D eigenvalue weighted by molar-refractivity contribution is -0.0328. The molecule has 0 amide bonds. The standard InChI is InChI=1S/C34H42FN3O5/c1-40-17-4-14-37-16-18-41-32-12-7-24(19-30(32)37)23-42-33-21-36-20-31(39)34(33)25-8-10-26(11-9-25)43-27-13-15-38(22-27)29-6-3-2-5-28(29)35/h2-3,5-12,19,27,31,33-34,36,39H,4,13-18,20-23H2,1H3/t27-,31+,33-,34-/m0/s1. The molecule has 4 atom stereocenters. The molecule has 0 spiro atoms. The maximum Gasteiger partial charge on any atom is 0.146 e. The van der Waals surface area contributed by atoms with Gasteiger partial charge in [-0.05, 0) is 53.9 Å². The molecule has 2 fully saturated rings. The number of methoxy groups -OCH3 is 1. The van der Waals surface area contributed by atoms with E-state index in [1.807, 2.05) is 47.4 Å². The first-order chi connectivity index (χ1) is 21.1. The molecule has 0 aromatic heterocycles. The normalized spacial score (nSPS) is 23.6. The monoisotopic (exact) mass is 591 g/mol. The quantitative estimate of drug-likeness (QED) is 0.319. The Morgan fingerprint density at radius 2 is 1.88 bits per heavy atom. The molecule has 43 heavy (non-hydrogen) atoms. The summed E-state index contributed by atoms with van der Waals surface area (Å²) >= 11 is 0. The number of β-amino-alcohol motifs (C(OH)–C–C–N with tert-alkyl or cyclic N) is 1. The Labute approximate surface area is 253 Å². The topological polar surface area (TPSA) is 75.7 Å². The van der Waals surface area contributed by atoms with Crippen LogP contribution in [0.25, 0.3) is 0 Å². The van der Waals surface area contributed by atoms with E-state index in [2.05, 4.69) is 22.3 Å². The second-order valence-corrected chi connectivity index (χ2v) is 11.6. The molecule has 0 aliphatic carbocycles. The number of benzene rings is 3. The number of anilines is 2. The molecular formula is C34H42FN3O5. The molecule has 2 saturated heterocycles. The molecule has 3 aliphatic heterocycles. The Kier molecular flexibility index (Phi) is 9.63. The molecule has 6 rings (SSSR count). The number of fused-ring (bicyclic) bond motifs is 1. The van der Waals surface area contributed by atoms with Gasteiger partial charge >= 0.3 is 0 Å². The van der Waals surface area contributed by atoms with Crippen molar-refractivity contribution in [3.63, 3.8) is 0 Å². The number of rotatable bonds is 11. The summed E-state index contributed by atoms with van der Waals surface area (Å²) in [6.45, 7) is 6.20. The third kappa shape index (κ3) is 7.07. The van der Waals surface area contributed by atoms with Crippen LogP contribution in [0.5, 0.6) is 11.5 Å². The Balaban J connectivity index is 1.07. The molecule has 0 unspecified atom stereocenters. The number of aliphatic hydroxyl groups excluding tert-OH is 1. The maximum atomic E-state index is 14.2. The average Bonchev–Trinajstić information content (AvgIpc) is 3.49. The highest BCUT2D eigenvalue weighted by Crippen LogP contribution is 2.35. The molecule has 0 radical (unpaired) electrons. The van der Waals surface area contributed by atoms with Gasteiger partial charge in [-0.15, -0.1) is 0 Å². The smallest absolute Gasteiger partial charge is 0.146 e. The lowest BCUT2D eigenvalue weighted by atomic mass is 9.85.